The standard InChI is InChI=1S/C13H29NO2Si/c1-3-5-9-14(10-6-4-2)12-13(15)8-7-11-16-17/h3-12H2,1-2,17H3. The van der Waals surface area contributed by atoms with Gasteiger partial charge in [-0.3, -0.25) is 9.69 Å². The highest BCUT2D eigenvalue weighted by molar-refractivity contribution is 5.97. The average Bonchev–Trinajstić information content (AvgIpc) is 2.33. The molecule has 4 heteroatoms. The van der Waals surface area contributed by atoms with E-state index in [4.69, 9.17) is 4.43 Å². The molecule has 0 bridgehead atoms. The van der Waals surface area contributed by atoms with Gasteiger partial charge in [-0.05, 0) is 32.4 Å². The molecule has 0 aromatic rings. The van der Waals surface area contributed by atoms with E-state index in [1.807, 2.05) is 0 Å². The van der Waals surface area contributed by atoms with Crippen molar-refractivity contribution in [3.05, 3.63) is 0 Å². The smallest absolute Gasteiger partial charge is 0.146 e. The van der Waals surface area contributed by atoms with Gasteiger partial charge in [0.15, 0.2) is 0 Å². The van der Waals surface area contributed by atoms with Gasteiger partial charge < -0.3 is 4.43 Å². The largest absolute Gasteiger partial charge is 0.428 e. The maximum atomic E-state index is 11.8. The summed E-state index contributed by atoms with van der Waals surface area (Å²) in [6.07, 6.45) is 6.35. The summed E-state index contributed by atoms with van der Waals surface area (Å²) < 4.78 is 5.10. The lowest BCUT2D eigenvalue weighted by Gasteiger charge is -2.21. The van der Waals surface area contributed by atoms with Gasteiger partial charge in [-0.2, -0.15) is 0 Å². The number of hydrogen-bond acceptors (Lipinski definition) is 3. The third-order valence-corrected chi connectivity index (χ3v) is 3.27. The molecule has 0 aromatic heterocycles. The highest BCUT2D eigenvalue weighted by Gasteiger charge is 2.09. The number of carbonyl (C=O) groups excluding carboxylic acids is 1. The SMILES string of the molecule is CCCCN(CCCC)CC(=O)CCCO[SiH3]. The Morgan fingerprint density at radius 2 is 1.71 bits per heavy atom. The van der Waals surface area contributed by atoms with Crippen molar-refractivity contribution in [3.8, 4) is 0 Å². The second kappa shape index (κ2) is 12.3. The number of carbonyl (C=O) groups is 1. The summed E-state index contributed by atoms with van der Waals surface area (Å²) in [5, 5.41) is 0. The molecule has 0 rings (SSSR count). The molecule has 0 radical (unpaired) electrons. The van der Waals surface area contributed by atoms with E-state index in [-0.39, 0.29) is 0 Å². The zero-order valence-electron chi connectivity index (χ0n) is 11.8. The van der Waals surface area contributed by atoms with Crippen LogP contribution in [0.15, 0.2) is 0 Å². The third kappa shape index (κ3) is 10.7. The van der Waals surface area contributed by atoms with Crippen LogP contribution in [-0.2, 0) is 9.22 Å². The fraction of sp³-hybridized carbons (Fsp3) is 0.923. The van der Waals surface area contributed by atoms with Crippen molar-refractivity contribution in [3.63, 3.8) is 0 Å². The topological polar surface area (TPSA) is 29.5 Å². The molecule has 0 unspecified atom stereocenters. The van der Waals surface area contributed by atoms with Gasteiger partial charge in [0.1, 0.15) is 16.3 Å². The van der Waals surface area contributed by atoms with Crippen LogP contribution in [0.25, 0.3) is 0 Å². The summed E-state index contributed by atoms with van der Waals surface area (Å²) in [6.45, 7) is 7.92. The molecule has 0 aliphatic rings. The number of hydrogen-bond donors (Lipinski definition) is 0. The van der Waals surface area contributed by atoms with Crippen molar-refractivity contribution in [2.75, 3.05) is 26.2 Å². The first-order chi connectivity index (χ1) is 8.24. The molecule has 0 saturated heterocycles. The second-order valence-corrected chi connectivity index (χ2v) is 5.20. The second-order valence-electron chi connectivity index (χ2n) is 4.62. The van der Waals surface area contributed by atoms with E-state index < -0.39 is 0 Å². The van der Waals surface area contributed by atoms with E-state index in [0.29, 0.717) is 18.7 Å². The fourth-order valence-electron chi connectivity index (χ4n) is 1.78. The number of rotatable bonds is 12. The zero-order valence-corrected chi connectivity index (χ0v) is 13.8. The van der Waals surface area contributed by atoms with Crippen molar-refractivity contribution in [2.45, 2.75) is 52.4 Å². The maximum absolute atomic E-state index is 11.8. The number of Topliss-reactive ketones (excluding diaryl/α,β-unsaturated/α-hetero) is 1. The van der Waals surface area contributed by atoms with Crippen LogP contribution >= 0.6 is 0 Å². The lowest BCUT2D eigenvalue weighted by molar-refractivity contribution is -0.120. The molecule has 3 nitrogen and oxygen atoms in total. The van der Waals surface area contributed by atoms with E-state index in [2.05, 4.69) is 18.7 Å². The van der Waals surface area contributed by atoms with Crippen LogP contribution in [0.5, 0.6) is 0 Å². The van der Waals surface area contributed by atoms with E-state index in [1.165, 1.54) is 25.7 Å². The molecule has 0 aliphatic carbocycles. The van der Waals surface area contributed by atoms with E-state index in [0.717, 1.165) is 36.6 Å². The van der Waals surface area contributed by atoms with Gasteiger partial charge in [0.05, 0.1) is 6.54 Å². The Hall–Kier alpha value is -0.193. The Morgan fingerprint density at radius 3 is 2.18 bits per heavy atom. The Balaban J connectivity index is 3.81. The molecule has 0 aliphatic heterocycles. The van der Waals surface area contributed by atoms with Crippen molar-refractivity contribution < 1.29 is 9.22 Å². The van der Waals surface area contributed by atoms with Gasteiger partial charge in [-0.15, -0.1) is 0 Å². The maximum Gasteiger partial charge on any atom is 0.146 e. The van der Waals surface area contributed by atoms with Crippen LogP contribution in [0, 0.1) is 0 Å². The van der Waals surface area contributed by atoms with E-state index >= 15 is 0 Å². The van der Waals surface area contributed by atoms with Gasteiger partial charge in [0.2, 0.25) is 0 Å². The van der Waals surface area contributed by atoms with Crippen LogP contribution in [0.2, 0.25) is 0 Å². The molecular formula is C13H29NO2Si. The number of nitrogens with zero attached hydrogens (tertiary/aromatic N) is 1. The molecule has 0 fully saturated rings. The minimum absolute atomic E-state index is 0.371. The Bertz CT molecular complexity index is 180. The molecule has 0 N–H and O–H groups in total. The summed E-state index contributed by atoms with van der Waals surface area (Å²) in [6, 6.07) is 0. The predicted octanol–water partition coefficient (Wildman–Crippen LogP) is 1.53. The van der Waals surface area contributed by atoms with Crippen molar-refractivity contribution in [1.29, 1.82) is 0 Å². The van der Waals surface area contributed by atoms with Crippen LogP contribution in [0.4, 0.5) is 0 Å². The first-order valence-electron chi connectivity index (χ1n) is 6.97. The fourth-order valence-corrected chi connectivity index (χ4v) is 2.06. The molecule has 0 spiro atoms. The summed E-state index contributed by atoms with van der Waals surface area (Å²) in [5.41, 5.74) is 0. The molecule has 0 aromatic carbocycles. The van der Waals surface area contributed by atoms with Crippen LogP contribution in [-0.4, -0.2) is 47.4 Å². The summed E-state index contributed by atoms with van der Waals surface area (Å²) in [5.74, 6) is 0.371. The Morgan fingerprint density at radius 1 is 1.12 bits per heavy atom. The highest BCUT2D eigenvalue weighted by Crippen LogP contribution is 2.01. The Labute approximate surface area is 109 Å². The molecular weight excluding hydrogens is 230 g/mol. The molecule has 0 amide bonds. The minimum atomic E-state index is 0.371. The summed E-state index contributed by atoms with van der Waals surface area (Å²) >= 11 is 0. The lowest BCUT2D eigenvalue weighted by Crippen LogP contribution is -2.31. The molecule has 102 valence electrons. The quantitative estimate of drug-likeness (QED) is 0.393. The zero-order chi connectivity index (χ0) is 12.9. The number of ketones is 1. The van der Waals surface area contributed by atoms with Crippen molar-refractivity contribution in [2.24, 2.45) is 0 Å². The highest BCUT2D eigenvalue weighted by atomic mass is 28.2. The average molecular weight is 259 g/mol. The van der Waals surface area contributed by atoms with Crippen molar-refractivity contribution >= 4 is 16.3 Å². The van der Waals surface area contributed by atoms with Crippen LogP contribution < -0.4 is 0 Å². The van der Waals surface area contributed by atoms with Gasteiger partial charge in [0.25, 0.3) is 0 Å². The molecule has 0 atom stereocenters. The van der Waals surface area contributed by atoms with Crippen molar-refractivity contribution in [1.82, 2.24) is 4.90 Å². The number of unbranched alkanes of at least 4 members (excludes halogenated alkanes) is 2. The monoisotopic (exact) mass is 259 g/mol. The minimum Gasteiger partial charge on any atom is -0.428 e. The van der Waals surface area contributed by atoms with Gasteiger partial charge in [0, 0.05) is 13.0 Å². The van der Waals surface area contributed by atoms with E-state index in [9.17, 15) is 4.79 Å². The first-order valence-corrected chi connectivity index (χ1v) is 7.79. The molecule has 0 heterocycles. The first kappa shape index (κ1) is 16.8. The van der Waals surface area contributed by atoms with Gasteiger partial charge in [-0.1, -0.05) is 26.7 Å². The van der Waals surface area contributed by atoms with E-state index in [1.54, 1.807) is 0 Å². The predicted molar refractivity (Wildman–Crippen MR) is 76.4 cm³/mol. The normalized spacial score (nSPS) is 11.2. The van der Waals surface area contributed by atoms with Gasteiger partial charge >= 0.3 is 0 Å². The van der Waals surface area contributed by atoms with Crippen LogP contribution in [0.3, 0.4) is 0 Å². The molecule has 17 heavy (non-hydrogen) atoms. The lowest BCUT2D eigenvalue weighted by atomic mass is 10.2. The third-order valence-electron chi connectivity index (χ3n) is 2.86. The summed E-state index contributed by atoms with van der Waals surface area (Å²) in [4.78, 5) is 14.1. The summed E-state index contributed by atoms with van der Waals surface area (Å²) in [7, 11) is 0.778. The van der Waals surface area contributed by atoms with Gasteiger partial charge in [-0.25, -0.2) is 0 Å². The molecule has 0 saturated carbocycles. The van der Waals surface area contributed by atoms with Crippen LogP contribution in [0.1, 0.15) is 52.4 Å². The Kier molecular flexibility index (Phi) is 12.1.